The minimum absolute atomic E-state index is 0.177. The number of ketones is 1. The Hall–Kier alpha value is -3.74. The second-order valence-corrected chi connectivity index (χ2v) is 8.34. The molecule has 1 aliphatic heterocycles. The fourth-order valence-electron chi connectivity index (χ4n) is 3.23. The van der Waals surface area contributed by atoms with Crippen LogP contribution < -0.4 is 15.5 Å². The van der Waals surface area contributed by atoms with E-state index >= 15 is 0 Å². The lowest BCUT2D eigenvalue weighted by molar-refractivity contribution is -0.114. The molecule has 3 amide bonds. The summed E-state index contributed by atoms with van der Waals surface area (Å²) in [6, 6.07) is 11.7. The van der Waals surface area contributed by atoms with Crippen molar-refractivity contribution in [3.8, 4) is 0 Å². The van der Waals surface area contributed by atoms with Crippen LogP contribution in [-0.2, 0) is 16.1 Å². The predicted molar refractivity (Wildman–Crippen MR) is 119 cm³/mol. The van der Waals surface area contributed by atoms with Crippen LogP contribution in [0, 0.1) is 0 Å². The Kier molecular flexibility index (Phi) is 6.06. The Morgan fingerprint density at radius 3 is 2.32 bits per heavy atom. The lowest BCUT2D eigenvalue weighted by Crippen LogP contribution is -2.40. The fourth-order valence-corrected chi connectivity index (χ4v) is 3.23. The number of amides is 3. The first kappa shape index (κ1) is 22.0. The molecule has 0 saturated heterocycles. The zero-order chi connectivity index (χ0) is 22.8. The third-order valence-corrected chi connectivity index (χ3v) is 4.60. The van der Waals surface area contributed by atoms with Gasteiger partial charge in [0.25, 0.3) is 17.6 Å². The number of rotatable bonds is 5. The van der Waals surface area contributed by atoms with Gasteiger partial charge in [0.05, 0.1) is 17.8 Å². The van der Waals surface area contributed by atoms with E-state index < -0.39 is 11.7 Å². The zero-order valence-corrected chi connectivity index (χ0v) is 18.0. The Morgan fingerprint density at radius 2 is 1.71 bits per heavy atom. The number of fused-ring (bicyclic) bond motifs is 1. The number of anilines is 2. The molecule has 0 unspecified atom stereocenters. The molecule has 0 radical (unpaired) electrons. The van der Waals surface area contributed by atoms with E-state index in [2.05, 4.69) is 10.6 Å². The first-order valence-corrected chi connectivity index (χ1v) is 9.94. The lowest BCUT2D eigenvalue weighted by Gasteiger charge is -2.21. The molecule has 0 saturated carbocycles. The Bertz CT molecular complexity index is 1080. The van der Waals surface area contributed by atoms with Gasteiger partial charge in [0.2, 0.25) is 5.91 Å². The van der Waals surface area contributed by atoms with Crippen molar-refractivity contribution < 1.29 is 19.2 Å². The van der Waals surface area contributed by atoms with Crippen molar-refractivity contribution in [1.82, 2.24) is 5.32 Å². The van der Waals surface area contributed by atoms with E-state index in [-0.39, 0.29) is 29.5 Å². The topological polar surface area (TPSA) is 95.6 Å². The quantitative estimate of drug-likeness (QED) is 0.573. The van der Waals surface area contributed by atoms with E-state index in [9.17, 15) is 19.2 Å². The highest BCUT2D eigenvalue weighted by Crippen LogP contribution is 2.32. The van der Waals surface area contributed by atoms with Crippen LogP contribution in [0.25, 0.3) is 0 Å². The van der Waals surface area contributed by atoms with Gasteiger partial charge in [-0.1, -0.05) is 18.2 Å². The first-order chi connectivity index (χ1) is 14.6. The highest BCUT2D eigenvalue weighted by Gasteiger charge is 2.36. The molecule has 1 heterocycles. The molecule has 0 fully saturated rings. The van der Waals surface area contributed by atoms with Gasteiger partial charge < -0.3 is 15.5 Å². The summed E-state index contributed by atoms with van der Waals surface area (Å²) in [5.74, 6) is -1.73. The molecule has 2 N–H and O–H groups in total. The van der Waals surface area contributed by atoms with E-state index in [0.717, 1.165) is 5.56 Å². The number of benzene rings is 2. The van der Waals surface area contributed by atoms with E-state index in [0.29, 0.717) is 16.9 Å². The number of nitrogens with zero attached hydrogens (tertiary/aromatic N) is 1. The molecular weight excluding hydrogens is 394 g/mol. The summed E-state index contributed by atoms with van der Waals surface area (Å²) in [6.45, 7) is 7.65. The van der Waals surface area contributed by atoms with Gasteiger partial charge in [0, 0.05) is 16.8 Å². The van der Waals surface area contributed by atoms with Gasteiger partial charge in [0.1, 0.15) is 0 Å². The van der Waals surface area contributed by atoms with Crippen LogP contribution in [0.4, 0.5) is 11.4 Å². The summed E-state index contributed by atoms with van der Waals surface area (Å²) in [6.07, 6.45) is 2.98. The van der Waals surface area contributed by atoms with Gasteiger partial charge in [-0.2, -0.15) is 0 Å². The van der Waals surface area contributed by atoms with Crippen molar-refractivity contribution in [1.29, 1.82) is 0 Å². The normalized spacial score (nSPS) is 13.5. The third kappa shape index (κ3) is 5.06. The maximum absolute atomic E-state index is 12.5. The van der Waals surface area contributed by atoms with Gasteiger partial charge in [-0.25, -0.2) is 0 Å². The Balaban J connectivity index is 1.78. The number of carbonyl (C=O) groups is 4. The maximum atomic E-state index is 12.5. The second kappa shape index (κ2) is 8.55. The van der Waals surface area contributed by atoms with Gasteiger partial charge in [-0.3, -0.25) is 19.2 Å². The molecule has 3 rings (SSSR count). The zero-order valence-electron chi connectivity index (χ0n) is 18.0. The first-order valence-electron chi connectivity index (χ1n) is 9.94. The van der Waals surface area contributed by atoms with Crippen molar-refractivity contribution in [2.45, 2.75) is 39.8 Å². The standard InChI is InChI=1S/C24H25N3O4/c1-5-6-20(28)25-17-11-12-19-18(13-17)21(29)23(31)27(19)14-15-7-9-16(10-8-15)22(30)26-24(2,3)4/h5-13H,14H2,1-4H3,(H,25,28)(H,26,30)/b6-5+. The summed E-state index contributed by atoms with van der Waals surface area (Å²) < 4.78 is 0. The highest BCUT2D eigenvalue weighted by molar-refractivity contribution is 6.52. The van der Waals surface area contributed by atoms with Crippen LogP contribution in [0.3, 0.4) is 0 Å². The summed E-state index contributed by atoms with van der Waals surface area (Å²) in [7, 11) is 0. The Labute approximate surface area is 181 Å². The molecule has 0 atom stereocenters. The molecule has 7 nitrogen and oxygen atoms in total. The fraction of sp³-hybridized carbons (Fsp3) is 0.250. The average molecular weight is 419 g/mol. The second-order valence-electron chi connectivity index (χ2n) is 8.34. The van der Waals surface area contributed by atoms with E-state index in [1.54, 1.807) is 49.4 Å². The molecule has 0 bridgehead atoms. The number of carbonyl (C=O) groups excluding carboxylic acids is 4. The van der Waals surface area contributed by atoms with E-state index in [1.165, 1.54) is 17.0 Å². The van der Waals surface area contributed by atoms with Crippen LogP contribution >= 0.6 is 0 Å². The largest absolute Gasteiger partial charge is 0.347 e. The number of Topliss-reactive ketones (excluding diaryl/α,β-unsaturated/α-hetero) is 1. The Morgan fingerprint density at radius 1 is 1.03 bits per heavy atom. The molecule has 160 valence electrons. The van der Waals surface area contributed by atoms with Crippen molar-refractivity contribution in [2.75, 3.05) is 10.2 Å². The number of hydrogen-bond acceptors (Lipinski definition) is 4. The summed E-state index contributed by atoms with van der Waals surface area (Å²) in [5, 5.41) is 5.56. The van der Waals surface area contributed by atoms with Gasteiger partial charge in [0.15, 0.2) is 0 Å². The molecular formula is C24H25N3O4. The molecule has 2 aromatic rings. The monoisotopic (exact) mass is 419 g/mol. The number of allylic oxidation sites excluding steroid dienone is 1. The molecule has 0 aliphatic carbocycles. The number of hydrogen-bond donors (Lipinski definition) is 2. The molecule has 0 aromatic heterocycles. The molecule has 0 spiro atoms. The van der Waals surface area contributed by atoms with Crippen molar-refractivity contribution in [3.63, 3.8) is 0 Å². The SMILES string of the molecule is C/C=C/C(=O)Nc1ccc2c(c1)C(=O)C(=O)N2Cc1ccc(C(=O)NC(C)(C)C)cc1. The average Bonchev–Trinajstić information content (AvgIpc) is 2.92. The van der Waals surface area contributed by atoms with Gasteiger partial charge >= 0.3 is 0 Å². The summed E-state index contributed by atoms with van der Waals surface area (Å²) in [4.78, 5) is 50.4. The van der Waals surface area contributed by atoms with Crippen LogP contribution in [0.5, 0.6) is 0 Å². The van der Waals surface area contributed by atoms with Crippen LogP contribution in [0.15, 0.2) is 54.6 Å². The van der Waals surface area contributed by atoms with Crippen LogP contribution in [0.2, 0.25) is 0 Å². The minimum Gasteiger partial charge on any atom is -0.347 e. The maximum Gasteiger partial charge on any atom is 0.299 e. The lowest BCUT2D eigenvalue weighted by atomic mass is 10.1. The smallest absolute Gasteiger partial charge is 0.299 e. The number of nitrogens with one attached hydrogen (secondary N) is 2. The minimum atomic E-state index is -0.624. The summed E-state index contributed by atoms with van der Waals surface area (Å²) in [5.41, 5.74) is 2.15. The van der Waals surface area contributed by atoms with Crippen LogP contribution in [0.1, 0.15) is 54.0 Å². The van der Waals surface area contributed by atoms with Crippen molar-refractivity contribution >= 4 is 34.9 Å². The van der Waals surface area contributed by atoms with Crippen molar-refractivity contribution in [3.05, 3.63) is 71.3 Å². The predicted octanol–water partition coefficient (Wildman–Crippen LogP) is 3.46. The molecule has 1 aliphatic rings. The van der Waals surface area contributed by atoms with E-state index in [4.69, 9.17) is 0 Å². The van der Waals surface area contributed by atoms with Crippen LogP contribution in [-0.4, -0.2) is 29.0 Å². The summed E-state index contributed by atoms with van der Waals surface area (Å²) >= 11 is 0. The molecule has 7 heteroatoms. The molecule has 2 aromatic carbocycles. The van der Waals surface area contributed by atoms with Gasteiger partial charge in [-0.15, -0.1) is 0 Å². The highest BCUT2D eigenvalue weighted by atomic mass is 16.2. The third-order valence-electron chi connectivity index (χ3n) is 4.60. The molecule has 31 heavy (non-hydrogen) atoms. The van der Waals surface area contributed by atoms with Crippen molar-refractivity contribution in [2.24, 2.45) is 0 Å². The van der Waals surface area contributed by atoms with E-state index in [1.807, 2.05) is 20.8 Å². The van der Waals surface area contributed by atoms with Gasteiger partial charge in [-0.05, 0) is 69.7 Å².